The molecule has 41 heavy (non-hydrogen) atoms. The molecule has 1 N–H and O–H groups in total. The van der Waals surface area contributed by atoms with Crippen LogP contribution in [0.15, 0.2) is 83.3 Å². The summed E-state index contributed by atoms with van der Waals surface area (Å²) in [6.45, 7) is 8.07. The Morgan fingerprint density at radius 2 is 1.51 bits per heavy atom. The van der Waals surface area contributed by atoms with Crippen LogP contribution in [0.4, 0.5) is 5.69 Å². The highest BCUT2D eigenvalue weighted by atomic mass is 79.9. The Morgan fingerprint density at radius 3 is 2.07 bits per heavy atom. The van der Waals surface area contributed by atoms with Crippen molar-refractivity contribution >= 4 is 43.5 Å². The Kier molecular flexibility index (Phi) is 11.2. The highest BCUT2D eigenvalue weighted by Gasteiger charge is 2.32. The maximum Gasteiger partial charge on any atom is 0.243 e. The van der Waals surface area contributed by atoms with E-state index >= 15 is 0 Å². The molecule has 0 aliphatic heterocycles. The molecule has 0 heterocycles. The van der Waals surface area contributed by atoms with Crippen LogP contribution in [-0.4, -0.2) is 49.5 Å². The Balaban J connectivity index is 1.89. The van der Waals surface area contributed by atoms with E-state index in [4.69, 9.17) is 0 Å². The lowest BCUT2D eigenvalue weighted by molar-refractivity contribution is -0.142. The molecule has 2 amide bonds. The van der Waals surface area contributed by atoms with Crippen LogP contribution in [0, 0.1) is 6.92 Å². The van der Waals surface area contributed by atoms with Gasteiger partial charge in [0.15, 0.2) is 0 Å². The van der Waals surface area contributed by atoms with Crippen molar-refractivity contribution in [2.24, 2.45) is 0 Å². The number of hydrogen-bond acceptors (Lipinski definition) is 4. The second-order valence-corrected chi connectivity index (χ2v) is 14.2. The van der Waals surface area contributed by atoms with E-state index in [0.717, 1.165) is 21.2 Å². The van der Waals surface area contributed by atoms with E-state index in [1.54, 1.807) is 17.0 Å². The second kappa shape index (κ2) is 14.1. The van der Waals surface area contributed by atoms with Gasteiger partial charge in [0.25, 0.3) is 0 Å². The van der Waals surface area contributed by atoms with E-state index in [2.05, 4.69) is 21.2 Å². The number of nitrogens with one attached hydrogen (secondary N) is 1. The Bertz CT molecular complexity index is 1400. The fourth-order valence-electron chi connectivity index (χ4n) is 4.51. The van der Waals surface area contributed by atoms with Crippen LogP contribution >= 0.6 is 15.9 Å². The molecule has 3 aromatic rings. The van der Waals surface area contributed by atoms with Gasteiger partial charge in [0.05, 0.1) is 11.9 Å². The Hall–Kier alpha value is -3.17. The van der Waals surface area contributed by atoms with Crippen LogP contribution in [-0.2, 0) is 32.6 Å². The standard InChI is InChI=1S/C32H40BrN3O4S/c1-24-13-19-28(20-14-24)36(41(5,39)40)21-9-12-30(37)35(23-26-15-17-27(33)18-16-26)29(31(38)34-32(2,3)4)22-25-10-7-6-8-11-25/h6-8,10-11,13-20,29H,9,12,21-23H2,1-5H3,(H,34,38)/t29-/m0/s1. The van der Waals surface area contributed by atoms with Gasteiger partial charge in [-0.15, -0.1) is 0 Å². The summed E-state index contributed by atoms with van der Waals surface area (Å²) in [5.74, 6) is -0.445. The van der Waals surface area contributed by atoms with Gasteiger partial charge in [-0.1, -0.05) is 76.1 Å². The van der Waals surface area contributed by atoms with Crippen molar-refractivity contribution in [2.45, 2.75) is 65.1 Å². The molecule has 7 nitrogen and oxygen atoms in total. The average molecular weight is 643 g/mol. The normalized spacial score (nSPS) is 12.4. The van der Waals surface area contributed by atoms with Gasteiger partial charge in [-0.2, -0.15) is 0 Å². The van der Waals surface area contributed by atoms with Gasteiger partial charge in [0.2, 0.25) is 21.8 Å². The molecule has 0 unspecified atom stereocenters. The van der Waals surface area contributed by atoms with E-state index in [-0.39, 0.29) is 31.3 Å². The molecule has 9 heteroatoms. The number of carbonyl (C=O) groups excluding carboxylic acids is 2. The first-order valence-electron chi connectivity index (χ1n) is 13.7. The molecule has 0 fully saturated rings. The number of anilines is 1. The predicted octanol–water partition coefficient (Wildman–Crippen LogP) is 5.86. The van der Waals surface area contributed by atoms with Gasteiger partial charge in [-0.05, 0) is 69.5 Å². The maximum absolute atomic E-state index is 13.9. The number of amides is 2. The van der Waals surface area contributed by atoms with Gasteiger partial charge < -0.3 is 10.2 Å². The molecule has 0 spiro atoms. The summed E-state index contributed by atoms with van der Waals surface area (Å²) in [6, 6.07) is 23.8. The molecule has 0 aromatic heterocycles. The fourth-order valence-corrected chi connectivity index (χ4v) is 5.74. The number of aryl methyl sites for hydroxylation is 1. The van der Waals surface area contributed by atoms with Gasteiger partial charge >= 0.3 is 0 Å². The number of nitrogens with zero attached hydrogens (tertiary/aromatic N) is 2. The first kappa shape index (κ1) is 32.3. The molecule has 3 rings (SSSR count). The molecule has 0 bridgehead atoms. The van der Waals surface area contributed by atoms with Crippen molar-refractivity contribution in [3.8, 4) is 0 Å². The van der Waals surface area contributed by atoms with E-state index in [1.807, 2.05) is 94.4 Å². The minimum absolute atomic E-state index is 0.0858. The SMILES string of the molecule is Cc1ccc(N(CCCC(=O)N(Cc2ccc(Br)cc2)[C@@H](Cc2ccccc2)C(=O)NC(C)(C)C)S(C)(=O)=O)cc1. The lowest BCUT2D eigenvalue weighted by atomic mass is 10.00. The largest absolute Gasteiger partial charge is 0.350 e. The highest BCUT2D eigenvalue weighted by molar-refractivity contribution is 9.10. The first-order valence-corrected chi connectivity index (χ1v) is 16.3. The van der Waals surface area contributed by atoms with Crippen molar-refractivity contribution in [1.82, 2.24) is 10.2 Å². The first-order chi connectivity index (χ1) is 19.2. The smallest absolute Gasteiger partial charge is 0.243 e. The third-order valence-electron chi connectivity index (χ3n) is 6.51. The highest BCUT2D eigenvalue weighted by Crippen LogP contribution is 2.21. The van der Waals surface area contributed by atoms with Crippen LogP contribution in [0.3, 0.4) is 0 Å². The van der Waals surface area contributed by atoms with Gasteiger partial charge in [-0.3, -0.25) is 13.9 Å². The fraction of sp³-hybridized carbons (Fsp3) is 0.375. The number of halogens is 1. The van der Waals surface area contributed by atoms with Crippen LogP contribution in [0.5, 0.6) is 0 Å². The van der Waals surface area contributed by atoms with E-state index in [9.17, 15) is 18.0 Å². The summed E-state index contributed by atoms with van der Waals surface area (Å²) < 4.78 is 27.4. The average Bonchev–Trinajstić information content (AvgIpc) is 2.89. The summed E-state index contributed by atoms with van der Waals surface area (Å²) >= 11 is 3.46. The summed E-state index contributed by atoms with van der Waals surface area (Å²) in [5.41, 5.74) is 2.93. The summed E-state index contributed by atoms with van der Waals surface area (Å²) in [5, 5.41) is 3.06. The van der Waals surface area contributed by atoms with E-state index < -0.39 is 21.6 Å². The quantitative estimate of drug-likeness (QED) is 0.268. The lowest BCUT2D eigenvalue weighted by Gasteiger charge is -2.34. The zero-order chi connectivity index (χ0) is 30.2. The van der Waals surface area contributed by atoms with Crippen LogP contribution in [0.1, 0.15) is 50.3 Å². The number of hydrogen-bond donors (Lipinski definition) is 1. The van der Waals surface area contributed by atoms with Crippen LogP contribution in [0.2, 0.25) is 0 Å². The monoisotopic (exact) mass is 641 g/mol. The lowest BCUT2D eigenvalue weighted by Crippen LogP contribution is -2.54. The second-order valence-electron chi connectivity index (χ2n) is 11.4. The molecule has 0 saturated carbocycles. The number of sulfonamides is 1. The Morgan fingerprint density at radius 1 is 0.902 bits per heavy atom. The minimum Gasteiger partial charge on any atom is -0.350 e. The van der Waals surface area contributed by atoms with Gasteiger partial charge in [0.1, 0.15) is 6.04 Å². The molecular formula is C32H40BrN3O4S. The molecule has 0 aliphatic rings. The summed E-state index contributed by atoms with van der Waals surface area (Å²) in [7, 11) is -3.55. The zero-order valence-electron chi connectivity index (χ0n) is 24.4. The maximum atomic E-state index is 13.9. The topological polar surface area (TPSA) is 86.8 Å². The van der Waals surface area contributed by atoms with Crippen molar-refractivity contribution in [1.29, 1.82) is 0 Å². The molecule has 0 saturated heterocycles. The number of benzene rings is 3. The number of rotatable bonds is 12. The molecule has 0 radical (unpaired) electrons. The van der Waals surface area contributed by atoms with E-state index in [1.165, 1.54) is 10.6 Å². The third kappa shape index (κ3) is 10.3. The van der Waals surface area contributed by atoms with Gasteiger partial charge in [0, 0.05) is 35.9 Å². The van der Waals surface area contributed by atoms with Crippen LogP contribution in [0.25, 0.3) is 0 Å². The van der Waals surface area contributed by atoms with Crippen LogP contribution < -0.4 is 9.62 Å². The minimum atomic E-state index is -3.55. The van der Waals surface area contributed by atoms with E-state index in [0.29, 0.717) is 18.5 Å². The summed E-state index contributed by atoms with van der Waals surface area (Å²) in [4.78, 5) is 29.2. The van der Waals surface area contributed by atoms with Crippen molar-refractivity contribution < 1.29 is 18.0 Å². The summed E-state index contributed by atoms with van der Waals surface area (Å²) in [6.07, 6.45) is 1.91. The predicted molar refractivity (Wildman–Crippen MR) is 169 cm³/mol. The van der Waals surface area contributed by atoms with Gasteiger partial charge in [-0.25, -0.2) is 8.42 Å². The zero-order valence-corrected chi connectivity index (χ0v) is 26.8. The molecule has 0 aliphatic carbocycles. The molecular weight excluding hydrogens is 602 g/mol. The molecule has 3 aromatic carbocycles. The van der Waals surface area contributed by atoms with Crippen molar-refractivity contribution in [3.05, 3.63) is 100 Å². The number of carbonyl (C=O) groups is 2. The third-order valence-corrected chi connectivity index (χ3v) is 8.23. The van der Waals surface area contributed by atoms with Crippen molar-refractivity contribution in [3.63, 3.8) is 0 Å². The Labute approximate surface area is 253 Å². The molecule has 220 valence electrons. The van der Waals surface area contributed by atoms with Crippen molar-refractivity contribution in [2.75, 3.05) is 17.1 Å². The molecule has 1 atom stereocenters.